The summed E-state index contributed by atoms with van der Waals surface area (Å²) >= 11 is 0. The number of fused-ring (bicyclic) bond motifs is 2. The second-order valence-corrected chi connectivity index (χ2v) is 19.0. The largest absolute Gasteiger partial charge is 0.462 e. The van der Waals surface area contributed by atoms with Gasteiger partial charge in [0.2, 0.25) is 0 Å². The monoisotopic (exact) mass is 877 g/mol. The second kappa shape index (κ2) is 19.8. The third-order valence-corrected chi connectivity index (χ3v) is 14.5. The molecule has 5 saturated heterocycles. The first-order chi connectivity index (χ1) is 30.3. The number of esters is 1. The average molecular weight is 877 g/mol. The van der Waals surface area contributed by atoms with E-state index in [0.29, 0.717) is 30.4 Å². The Hall–Kier alpha value is -2.05. The van der Waals surface area contributed by atoms with E-state index < -0.39 is 116 Å². The zero-order valence-corrected chi connectivity index (χ0v) is 38.2. The smallest absolute Gasteiger partial charge is 0.316 e. The molecule has 0 aromatic carbocycles. The third-order valence-electron chi connectivity index (χ3n) is 14.5. The van der Waals surface area contributed by atoms with Gasteiger partial charge in [-0.05, 0) is 69.1 Å². The molecule has 0 amide bonds. The summed E-state index contributed by atoms with van der Waals surface area (Å²) in [6.07, 6.45) is 0.638. The number of hydrogen-bond donors (Lipinski definition) is 3. The summed E-state index contributed by atoms with van der Waals surface area (Å²) in [4.78, 5) is 14.4. The van der Waals surface area contributed by atoms with Gasteiger partial charge in [-0.15, -0.1) is 0 Å². The molecule has 62 heavy (non-hydrogen) atoms. The third kappa shape index (κ3) is 9.73. The molecule has 350 valence electrons. The van der Waals surface area contributed by atoms with Gasteiger partial charge in [0.25, 0.3) is 0 Å². The lowest BCUT2D eigenvalue weighted by atomic mass is 9.71. The lowest BCUT2D eigenvalue weighted by Gasteiger charge is -2.51. The van der Waals surface area contributed by atoms with Crippen molar-refractivity contribution >= 4 is 5.97 Å². The maximum Gasteiger partial charge on any atom is 0.316 e. The molecule has 6 aliphatic heterocycles. The molecule has 7 rings (SSSR count). The highest BCUT2D eigenvalue weighted by molar-refractivity contribution is 5.78. The number of carbonyl (C=O) groups is 1. The Kier molecular flexibility index (Phi) is 14.4. The van der Waals surface area contributed by atoms with E-state index in [1.54, 1.807) is 40.2 Å². The van der Waals surface area contributed by atoms with Crippen molar-refractivity contribution in [2.24, 2.45) is 23.7 Å². The molecule has 2 bridgehead atoms. The fraction of sp³-hybridized carbons (Fsp3) is 0.812. The molecule has 5 fully saturated rings. The number of aliphatic hydroxyl groups is 3. The molecule has 6 heterocycles. The van der Waals surface area contributed by atoms with Crippen LogP contribution in [0.3, 0.4) is 0 Å². The molecular formula is C48H74O14. The van der Waals surface area contributed by atoms with Gasteiger partial charge in [0, 0.05) is 55.0 Å². The minimum absolute atomic E-state index is 0.00937. The molecule has 3 N–H and O–H groups in total. The van der Waals surface area contributed by atoms with Crippen LogP contribution in [0.1, 0.15) is 109 Å². The molecule has 0 radical (unpaired) electrons. The van der Waals surface area contributed by atoms with Gasteiger partial charge in [-0.3, -0.25) is 4.79 Å². The molecule has 14 heteroatoms. The lowest BCUT2D eigenvalue weighted by molar-refractivity contribution is -0.340. The van der Waals surface area contributed by atoms with Gasteiger partial charge >= 0.3 is 5.97 Å². The summed E-state index contributed by atoms with van der Waals surface area (Å²) in [5.74, 6) is -3.77. The number of hydrogen-bond acceptors (Lipinski definition) is 14. The van der Waals surface area contributed by atoms with Crippen molar-refractivity contribution < 1.29 is 70.2 Å². The van der Waals surface area contributed by atoms with Crippen LogP contribution in [0.2, 0.25) is 0 Å². The summed E-state index contributed by atoms with van der Waals surface area (Å²) in [5, 5.41) is 34.3. The van der Waals surface area contributed by atoms with Crippen molar-refractivity contribution in [3.05, 3.63) is 47.1 Å². The van der Waals surface area contributed by atoms with Crippen molar-refractivity contribution in [2.75, 3.05) is 20.8 Å². The molecule has 7 aliphatic rings. The van der Waals surface area contributed by atoms with Crippen molar-refractivity contribution in [3.63, 3.8) is 0 Å². The Bertz CT molecular complexity index is 1760. The molecule has 22 atom stereocenters. The Balaban J connectivity index is 1.20. The van der Waals surface area contributed by atoms with Crippen molar-refractivity contribution in [3.8, 4) is 0 Å². The number of carbonyl (C=O) groups excluding carboxylic acids is 1. The van der Waals surface area contributed by atoms with E-state index >= 15 is 0 Å². The first-order valence-electron chi connectivity index (χ1n) is 24.0. The van der Waals surface area contributed by atoms with Crippen LogP contribution in [-0.2, 0) is 52.2 Å². The fourth-order valence-corrected chi connectivity index (χ4v) is 10.6. The van der Waals surface area contributed by atoms with Crippen LogP contribution in [0.15, 0.2) is 47.1 Å². The topological polar surface area (TPSA) is 170 Å². The number of allylic oxidation sites excluding steroid dienone is 2. The lowest BCUT2D eigenvalue weighted by Crippen LogP contribution is -2.58. The molecular weight excluding hydrogens is 801 g/mol. The molecule has 0 aromatic rings. The van der Waals surface area contributed by atoms with E-state index in [1.807, 2.05) is 39.8 Å². The Morgan fingerprint density at radius 3 is 2.39 bits per heavy atom. The summed E-state index contributed by atoms with van der Waals surface area (Å²) in [6, 6.07) is 0. The van der Waals surface area contributed by atoms with E-state index in [1.165, 1.54) is 0 Å². The maximum absolute atomic E-state index is 14.4. The minimum atomic E-state index is -1.90. The van der Waals surface area contributed by atoms with Gasteiger partial charge in [-0.25, -0.2) is 0 Å². The van der Waals surface area contributed by atoms with Crippen LogP contribution >= 0.6 is 0 Å². The SMILES string of the molecule is [2H]C1[C@@H]([2H])[C@]2(C[C@@H]3C[C@@H](C/C=C(\C)[C@@H](O[C@H]4C[C@H](OC)[C@@H](O[C@H]5C[C@H](OC)[C@@H](O)[C@H](C)O5)[C@H](C)O4)[C@@H](C)/C=C/C=C4\CO[C@@H]5[C@H](O)C(C)=C[C@@H](C(=O)O3)[C@]45O)O2)O[C@H]([C@@H](C)CC)[C@H]1C. The van der Waals surface area contributed by atoms with E-state index in [9.17, 15) is 22.9 Å². The Labute approximate surface area is 371 Å². The quantitative estimate of drug-likeness (QED) is 0.204. The second-order valence-electron chi connectivity index (χ2n) is 19.0. The fourth-order valence-electron chi connectivity index (χ4n) is 10.6. The molecule has 1 unspecified atom stereocenters. The summed E-state index contributed by atoms with van der Waals surface area (Å²) < 4.78 is 82.1. The average Bonchev–Trinajstić information content (AvgIpc) is 3.61. The van der Waals surface area contributed by atoms with Gasteiger partial charge in [0.15, 0.2) is 18.4 Å². The number of aliphatic hydroxyl groups excluding tert-OH is 2. The maximum atomic E-state index is 14.4. The molecule has 1 aliphatic carbocycles. The van der Waals surface area contributed by atoms with Crippen LogP contribution in [0.25, 0.3) is 0 Å². The summed E-state index contributed by atoms with van der Waals surface area (Å²) in [5.41, 5.74) is -0.0927. The standard InChI is InChI=1S/C48H74O14/c1-11-25(2)43-28(5)17-18-47(62-43)23-34-20-33(61-47)16-15-27(4)42(26(3)13-12-14-32-24-55-45-40(49)29(6)19-35(46(51)58-34)48(32,45)52)59-39-22-37(54-10)44(31(8)57-39)60-38-21-36(53-9)41(50)30(7)56-38/h12-15,19,25-26,28,30-31,33-45,49-50,52H,11,16-18,20-24H2,1-10H3/b13-12+,27-15+,32-14+/t25-,26-,28-,30-,31-,33+,34-,35-,36-,37-,38-,39-,40+,41-,42-,43+,44-,45+,47+,48+/m0/s1/i17D,18D/t17?,18-,25+,26+,28+,30+,31+,33-,34+,35+,36+,37+,38+,39+,40-,41+,42+,43-,44+,45-,47-,48-/m1. The van der Waals surface area contributed by atoms with Crippen LogP contribution in [0.4, 0.5) is 0 Å². The number of methoxy groups -OCH3 is 2. The van der Waals surface area contributed by atoms with Crippen molar-refractivity contribution in [1.82, 2.24) is 0 Å². The minimum Gasteiger partial charge on any atom is -0.462 e. The highest BCUT2D eigenvalue weighted by Crippen LogP contribution is 2.48. The first kappa shape index (κ1) is 45.1. The van der Waals surface area contributed by atoms with E-state index in [2.05, 4.69) is 19.9 Å². The van der Waals surface area contributed by atoms with Gasteiger partial charge in [-0.1, -0.05) is 64.5 Å². The van der Waals surface area contributed by atoms with Gasteiger partial charge in [0.05, 0.1) is 49.3 Å². The van der Waals surface area contributed by atoms with E-state index in [-0.39, 0.29) is 43.3 Å². The summed E-state index contributed by atoms with van der Waals surface area (Å²) in [7, 11) is 3.19. The summed E-state index contributed by atoms with van der Waals surface area (Å²) in [6.45, 7) is 15.5. The van der Waals surface area contributed by atoms with Gasteiger partial charge < -0.3 is 62.7 Å². The van der Waals surface area contributed by atoms with Crippen LogP contribution < -0.4 is 0 Å². The number of rotatable bonds is 8. The van der Waals surface area contributed by atoms with E-state index in [0.717, 1.165) is 12.0 Å². The van der Waals surface area contributed by atoms with E-state index in [4.69, 9.17) is 47.4 Å². The highest BCUT2D eigenvalue weighted by Gasteiger charge is 2.60. The van der Waals surface area contributed by atoms with Crippen LogP contribution in [-0.4, -0.2) is 139 Å². The highest BCUT2D eigenvalue weighted by atomic mass is 16.7. The predicted octanol–water partition coefficient (Wildman–Crippen LogP) is 5.60. The molecule has 14 nitrogen and oxygen atoms in total. The number of ether oxygens (including phenoxy) is 10. The Morgan fingerprint density at radius 2 is 1.66 bits per heavy atom. The normalized spacial score (nSPS) is 52.2. The molecule has 1 spiro atoms. The molecule has 0 aromatic heterocycles. The van der Waals surface area contributed by atoms with Gasteiger partial charge in [0.1, 0.15) is 42.0 Å². The van der Waals surface area contributed by atoms with Crippen molar-refractivity contribution in [1.29, 1.82) is 0 Å². The zero-order chi connectivity index (χ0) is 46.4. The predicted molar refractivity (Wildman–Crippen MR) is 227 cm³/mol. The van der Waals surface area contributed by atoms with Gasteiger partial charge in [-0.2, -0.15) is 0 Å². The van der Waals surface area contributed by atoms with Crippen molar-refractivity contribution in [2.45, 2.75) is 204 Å². The molecule has 0 saturated carbocycles. The first-order valence-corrected chi connectivity index (χ1v) is 22.9. The van der Waals surface area contributed by atoms with Crippen LogP contribution in [0, 0.1) is 23.7 Å². The zero-order valence-electron chi connectivity index (χ0n) is 40.2. The van der Waals surface area contributed by atoms with Crippen LogP contribution in [0.5, 0.6) is 0 Å². The Morgan fingerprint density at radius 1 is 0.952 bits per heavy atom.